The van der Waals surface area contributed by atoms with Crippen LogP contribution in [0.4, 0.5) is 0 Å². The Labute approximate surface area is 125 Å². The van der Waals surface area contributed by atoms with Gasteiger partial charge >= 0.3 is 0 Å². The van der Waals surface area contributed by atoms with E-state index in [4.69, 9.17) is 4.74 Å². The molecule has 0 aliphatic heterocycles. The largest absolute Gasteiger partial charge is 0.494 e. The minimum absolute atomic E-state index is 0.0118. The number of aryl methyl sites for hydroxylation is 1. The van der Waals surface area contributed by atoms with Gasteiger partial charge in [-0.15, -0.1) is 0 Å². The average Bonchev–Trinajstić information content (AvgIpc) is 2.95. The van der Waals surface area contributed by atoms with Crippen LogP contribution in [0.1, 0.15) is 29.8 Å². The summed E-state index contributed by atoms with van der Waals surface area (Å²) < 4.78 is 7.23. The highest BCUT2D eigenvalue weighted by Crippen LogP contribution is 2.14. The molecule has 0 aliphatic rings. The van der Waals surface area contributed by atoms with Crippen molar-refractivity contribution in [3.63, 3.8) is 0 Å². The highest BCUT2D eigenvalue weighted by atomic mass is 16.5. The molecule has 5 heteroatoms. The summed E-state index contributed by atoms with van der Waals surface area (Å²) in [7, 11) is 1.79. The van der Waals surface area contributed by atoms with Gasteiger partial charge in [-0.25, -0.2) is 0 Å². The Balaban J connectivity index is 2.01. The molecular formula is C16H21N3O2. The lowest BCUT2D eigenvalue weighted by Crippen LogP contribution is -2.25. The summed E-state index contributed by atoms with van der Waals surface area (Å²) in [5, 5.41) is 4.21. The number of carbonyl (C=O) groups is 1. The van der Waals surface area contributed by atoms with Gasteiger partial charge in [0.05, 0.1) is 12.8 Å². The van der Waals surface area contributed by atoms with Crippen molar-refractivity contribution >= 4 is 5.91 Å². The van der Waals surface area contributed by atoms with Gasteiger partial charge < -0.3 is 9.64 Å². The van der Waals surface area contributed by atoms with Crippen molar-refractivity contribution in [1.29, 1.82) is 0 Å². The Morgan fingerprint density at radius 2 is 2.00 bits per heavy atom. The summed E-state index contributed by atoms with van der Waals surface area (Å²) in [5.41, 5.74) is 1.68. The van der Waals surface area contributed by atoms with Gasteiger partial charge in [0.25, 0.3) is 5.91 Å². The van der Waals surface area contributed by atoms with Crippen molar-refractivity contribution in [3.8, 4) is 5.75 Å². The van der Waals surface area contributed by atoms with E-state index >= 15 is 0 Å². The maximum absolute atomic E-state index is 12.4. The lowest BCUT2D eigenvalue weighted by Gasteiger charge is -2.16. The van der Waals surface area contributed by atoms with Crippen LogP contribution >= 0.6 is 0 Å². The van der Waals surface area contributed by atoms with Crippen LogP contribution in [0.25, 0.3) is 0 Å². The standard InChI is InChI=1S/C16H21N3O2/c1-4-19-12-13(10-17-19)11-18(3)16(20)14-6-8-15(9-7-14)21-5-2/h6-10,12H,4-5,11H2,1-3H3. The fourth-order valence-corrected chi connectivity index (χ4v) is 2.09. The zero-order chi connectivity index (χ0) is 15.2. The second-order valence-electron chi connectivity index (χ2n) is 4.82. The van der Waals surface area contributed by atoms with Crippen LogP contribution in [0.5, 0.6) is 5.75 Å². The van der Waals surface area contributed by atoms with Crippen LogP contribution in [0, 0.1) is 0 Å². The van der Waals surface area contributed by atoms with E-state index in [2.05, 4.69) is 5.10 Å². The van der Waals surface area contributed by atoms with E-state index in [-0.39, 0.29) is 5.91 Å². The number of ether oxygens (including phenoxy) is 1. The number of aromatic nitrogens is 2. The smallest absolute Gasteiger partial charge is 0.253 e. The fourth-order valence-electron chi connectivity index (χ4n) is 2.09. The minimum Gasteiger partial charge on any atom is -0.494 e. The number of nitrogens with zero attached hydrogens (tertiary/aromatic N) is 3. The highest BCUT2D eigenvalue weighted by molar-refractivity contribution is 5.94. The molecule has 1 heterocycles. The Hall–Kier alpha value is -2.30. The predicted octanol–water partition coefficient (Wildman–Crippen LogP) is 2.57. The molecule has 2 rings (SSSR count). The lowest BCUT2D eigenvalue weighted by atomic mass is 10.2. The highest BCUT2D eigenvalue weighted by Gasteiger charge is 2.12. The van der Waals surface area contributed by atoms with E-state index in [0.29, 0.717) is 18.7 Å². The molecule has 1 aromatic heterocycles. The monoisotopic (exact) mass is 287 g/mol. The second-order valence-corrected chi connectivity index (χ2v) is 4.82. The molecular weight excluding hydrogens is 266 g/mol. The zero-order valence-electron chi connectivity index (χ0n) is 12.7. The number of hydrogen-bond acceptors (Lipinski definition) is 3. The van der Waals surface area contributed by atoms with Gasteiger partial charge in [-0.2, -0.15) is 5.10 Å². The average molecular weight is 287 g/mol. The van der Waals surface area contributed by atoms with E-state index < -0.39 is 0 Å². The van der Waals surface area contributed by atoms with E-state index in [1.807, 2.05) is 36.9 Å². The van der Waals surface area contributed by atoms with Gasteiger partial charge in [0.15, 0.2) is 0 Å². The van der Waals surface area contributed by atoms with Gasteiger partial charge in [0.2, 0.25) is 0 Å². The molecule has 1 aromatic carbocycles. The number of amides is 1. The fraction of sp³-hybridized carbons (Fsp3) is 0.375. The van der Waals surface area contributed by atoms with Crippen molar-refractivity contribution in [2.45, 2.75) is 26.9 Å². The topological polar surface area (TPSA) is 47.4 Å². The summed E-state index contributed by atoms with van der Waals surface area (Å²) in [6.45, 7) is 5.96. The third kappa shape index (κ3) is 3.84. The molecule has 5 nitrogen and oxygen atoms in total. The van der Waals surface area contributed by atoms with Crippen molar-refractivity contribution in [2.75, 3.05) is 13.7 Å². The van der Waals surface area contributed by atoms with E-state index in [1.165, 1.54) is 0 Å². The first-order valence-electron chi connectivity index (χ1n) is 7.13. The molecule has 0 aliphatic carbocycles. The molecule has 2 aromatic rings. The molecule has 0 fully saturated rings. The molecule has 21 heavy (non-hydrogen) atoms. The van der Waals surface area contributed by atoms with Gasteiger partial charge in [-0.1, -0.05) is 0 Å². The molecule has 0 unspecified atom stereocenters. The third-order valence-electron chi connectivity index (χ3n) is 3.19. The van der Waals surface area contributed by atoms with Crippen molar-refractivity contribution < 1.29 is 9.53 Å². The molecule has 0 N–H and O–H groups in total. The number of carbonyl (C=O) groups excluding carboxylic acids is 1. The summed E-state index contributed by atoms with van der Waals surface area (Å²) >= 11 is 0. The summed E-state index contributed by atoms with van der Waals surface area (Å²) in [5.74, 6) is 0.767. The predicted molar refractivity (Wildman–Crippen MR) is 81.3 cm³/mol. The van der Waals surface area contributed by atoms with Gasteiger partial charge in [-0.3, -0.25) is 9.48 Å². The summed E-state index contributed by atoms with van der Waals surface area (Å²) in [6.07, 6.45) is 3.76. The second kappa shape index (κ2) is 6.92. The van der Waals surface area contributed by atoms with Crippen LogP contribution in [0.3, 0.4) is 0 Å². The lowest BCUT2D eigenvalue weighted by molar-refractivity contribution is 0.0785. The first-order valence-corrected chi connectivity index (χ1v) is 7.13. The van der Waals surface area contributed by atoms with E-state index in [9.17, 15) is 4.79 Å². The summed E-state index contributed by atoms with van der Waals surface area (Å²) in [6, 6.07) is 7.22. The van der Waals surface area contributed by atoms with E-state index in [1.54, 1.807) is 30.3 Å². The van der Waals surface area contributed by atoms with Gasteiger partial charge in [0.1, 0.15) is 5.75 Å². The van der Waals surface area contributed by atoms with Crippen LogP contribution in [-0.4, -0.2) is 34.2 Å². The van der Waals surface area contributed by atoms with Gasteiger partial charge in [-0.05, 0) is 38.1 Å². The van der Waals surface area contributed by atoms with Crippen molar-refractivity contribution in [1.82, 2.24) is 14.7 Å². The molecule has 0 radical (unpaired) electrons. The van der Waals surface area contributed by atoms with Crippen molar-refractivity contribution in [2.24, 2.45) is 0 Å². The Bertz CT molecular complexity index is 590. The molecule has 0 bridgehead atoms. The number of benzene rings is 1. The maximum Gasteiger partial charge on any atom is 0.253 e. The maximum atomic E-state index is 12.4. The summed E-state index contributed by atoms with van der Waals surface area (Å²) in [4.78, 5) is 14.0. The zero-order valence-corrected chi connectivity index (χ0v) is 12.7. The Morgan fingerprint density at radius 3 is 2.57 bits per heavy atom. The molecule has 0 saturated carbocycles. The first kappa shape index (κ1) is 15.1. The van der Waals surface area contributed by atoms with Crippen LogP contribution in [0.2, 0.25) is 0 Å². The number of hydrogen-bond donors (Lipinski definition) is 0. The first-order chi connectivity index (χ1) is 10.1. The normalized spacial score (nSPS) is 10.4. The molecule has 0 spiro atoms. The van der Waals surface area contributed by atoms with E-state index in [0.717, 1.165) is 17.9 Å². The third-order valence-corrected chi connectivity index (χ3v) is 3.19. The Kier molecular flexibility index (Phi) is 4.98. The van der Waals surface area contributed by atoms with Gasteiger partial charge in [0, 0.05) is 37.5 Å². The van der Waals surface area contributed by atoms with Crippen molar-refractivity contribution in [3.05, 3.63) is 47.8 Å². The minimum atomic E-state index is -0.0118. The molecule has 0 atom stereocenters. The molecule has 112 valence electrons. The van der Waals surface area contributed by atoms with Crippen LogP contribution < -0.4 is 4.74 Å². The Morgan fingerprint density at radius 1 is 1.29 bits per heavy atom. The number of rotatable bonds is 6. The quantitative estimate of drug-likeness (QED) is 0.820. The van der Waals surface area contributed by atoms with Crippen LogP contribution in [0.15, 0.2) is 36.7 Å². The molecule has 1 amide bonds. The molecule has 0 saturated heterocycles. The SMILES string of the molecule is CCOc1ccc(C(=O)N(C)Cc2cnn(CC)c2)cc1. The van der Waals surface area contributed by atoms with Crippen LogP contribution in [-0.2, 0) is 13.1 Å².